The van der Waals surface area contributed by atoms with Crippen molar-refractivity contribution in [3.8, 4) is 0 Å². The zero-order chi connectivity index (χ0) is 12.4. The smallest absolute Gasteiger partial charge is 0.265 e. The number of anilines is 1. The molecule has 0 aliphatic heterocycles. The number of rotatable bonds is 2. The molecule has 0 saturated heterocycles. The average Bonchev–Trinajstić information content (AvgIpc) is 2.69. The average molecular weight is 284 g/mol. The van der Waals surface area contributed by atoms with Crippen molar-refractivity contribution >= 4 is 47.2 Å². The van der Waals surface area contributed by atoms with Gasteiger partial charge in [-0.25, -0.2) is 0 Å². The zero-order valence-corrected chi connectivity index (χ0v) is 11.5. The molecule has 17 heavy (non-hydrogen) atoms. The largest absolute Gasteiger partial charge is 0.320 e. The molecule has 0 atom stereocenters. The fourth-order valence-corrected chi connectivity index (χ4v) is 2.68. The molecule has 0 saturated carbocycles. The van der Waals surface area contributed by atoms with Crippen molar-refractivity contribution in [2.75, 3.05) is 5.32 Å². The van der Waals surface area contributed by atoms with E-state index >= 15 is 0 Å². The van der Waals surface area contributed by atoms with Crippen LogP contribution in [0.1, 0.15) is 15.2 Å². The van der Waals surface area contributed by atoms with Crippen LogP contribution in [0.15, 0.2) is 34.5 Å². The maximum Gasteiger partial charge on any atom is 0.265 e. The predicted molar refractivity (Wildman–Crippen MR) is 75.7 cm³/mol. The Morgan fingerprint density at radius 3 is 2.76 bits per heavy atom. The lowest BCUT2D eigenvalue weighted by Crippen LogP contribution is -2.10. The molecule has 0 bridgehead atoms. The van der Waals surface area contributed by atoms with Gasteiger partial charge in [-0.05, 0) is 30.7 Å². The number of halogens is 1. The molecule has 1 aromatic carbocycles. The summed E-state index contributed by atoms with van der Waals surface area (Å²) in [5.41, 5.74) is 1.68. The van der Waals surface area contributed by atoms with E-state index in [1.54, 1.807) is 12.1 Å². The van der Waals surface area contributed by atoms with Gasteiger partial charge in [-0.2, -0.15) is 0 Å². The summed E-state index contributed by atoms with van der Waals surface area (Å²) in [5, 5.41) is 5.13. The van der Waals surface area contributed by atoms with Gasteiger partial charge in [0.25, 0.3) is 5.91 Å². The van der Waals surface area contributed by atoms with Crippen LogP contribution in [0.4, 0.5) is 5.69 Å². The molecule has 0 radical (unpaired) electrons. The summed E-state index contributed by atoms with van der Waals surface area (Å²) < 4.78 is 0. The highest BCUT2D eigenvalue weighted by Crippen LogP contribution is 2.24. The van der Waals surface area contributed by atoms with E-state index in [1.165, 1.54) is 11.3 Å². The van der Waals surface area contributed by atoms with E-state index in [2.05, 4.69) is 17.9 Å². The number of carbonyl (C=O) groups excluding carboxylic acids is 1. The second kappa shape index (κ2) is 5.12. The number of thiol groups is 1. The van der Waals surface area contributed by atoms with E-state index in [1.807, 2.05) is 24.4 Å². The Morgan fingerprint density at radius 2 is 2.18 bits per heavy atom. The van der Waals surface area contributed by atoms with Gasteiger partial charge in [-0.1, -0.05) is 17.7 Å². The number of aryl methyl sites for hydroxylation is 1. The van der Waals surface area contributed by atoms with Crippen LogP contribution in [0.5, 0.6) is 0 Å². The molecule has 0 spiro atoms. The van der Waals surface area contributed by atoms with Gasteiger partial charge in [-0.3, -0.25) is 4.79 Å². The van der Waals surface area contributed by atoms with Crippen molar-refractivity contribution in [1.29, 1.82) is 0 Å². The minimum Gasteiger partial charge on any atom is -0.320 e. The van der Waals surface area contributed by atoms with Crippen LogP contribution in [0.3, 0.4) is 0 Å². The Balaban J connectivity index is 2.18. The third-order valence-corrected chi connectivity index (χ3v) is 3.86. The highest BCUT2D eigenvalue weighted by molar-refractivity contribution is 7.80. The summed E-state index contributed by atoms with van der Waals surface area (Å²) in [6.45, 7) is 1.95. The second-order valence-electron chi connectivity index (χ2n) is 3.61. The third kappa shape index (κ3) is 3.03. The maximum atomic E-state index is 11.9. The molecule has 1 aromatic heterocycles. The number of nitrogens with one attached hydrogen (secondary N) is 1. The van der Waals surface area contributed by atoms with Crippen molar-refractivity contribution in [1.82, 2.24) is 0 Å². The minimum absolute atomic E-state index is 0.166. The molecule has 88 valence electrons. The van der Waals surface area contributed by atoms with Crippen LogP contribution in [0.2, 0.25) is 5.02 Å². The summed E-state index contributed by atoms with van der Waals surface area (Å²) >= 11 is 11.6. The van der Waals surface area contributed by atoms with Crippen molar-refractivity contribution in [3.63, 3.8) is 0 Å². The summed E-state index contributed by atoms with van der Waals surface area (Å²) in [6.07, 6.45) is 0. The first-order valence-electron chi connectivity index (χ1n) is 4.91. The van der Waals surface area contributed by atoms with Gasteiger partial charge in [0, 0.05) is 10.3 Å². The first kappa shape index (κ1) is 12.5. The fraction of sp³-hybridized carbons (Fsp3) is 0.0833. The highest BCUT2D eigenvalue weighted by Gasteiger charge is 2.10. The minimum atomic E-state index is -0.166. The van der Waals surface area contributed by atoms with Crippen LogP contribution < -0.4 is 5.32 Å². The Bertz CT molecular complexity index is 565. The lowest BCUT2D eigenvalue weighted by Gasteiger charge is -2.06. The number of hydrogen-bond acceptors (Lipinski definition) is 3. The Morgan fingerprint density at radius 1 is 1.41 bits per heavy atom. The summed E-state index contributed by atoms with van der Waals surface area (Å²) in [7, 11) is 0. The summed E-state index contributed by atoms with van der Waals surface area (Å²) in [5.74, 6) is -0.166. The molecule has 2 aromatic rings. The molecular formula is C12H10ClNOS2. The van der Waals surface area contributed by atoms with E-state index in [0.717, 1.165) is 10.5 Å². The highest BCUT2D eigenvalue weighted by atomic mass is 35.5. The van der Waals surface area contributed by atoms with Crippen molar-refractivity contribution in [3.05, 3.63) is 45.1 Å². The number of benzene rings is 1. The van der Waals surface area contributed by atoms with Crippen LogP contribution in [0, 0.1) is 6.92 Å². The van der Waals surface area contributed by atoms with E-state index in [4.69, 9.17) is 11.6 Å². The second-order valence-corrected chi connectivity index (χ2v) is 5.44. The van der Waals surface area contributed by atoms with E-state index in [9.17, 15) is 4.79 Å². The molecule has 0 unspecified atom stereocenters. The molecule has 1 heterocycles. The normalized spacial score (nSPS) is 10.3. The Hall–Kier alpha value is -0.970. The first-order chi connectivity index (χ1) is 8.06. The molecule has 2 nitrogen and oxygen atoms in total. The number of thiophene rings is 1. The van der Waals surface area contributed by atoms with Crippen LogP contribution in [0.25, 0.3) is 0 Å². The standard InChI is InChI=1S/C12H10ClNOS2/c1-7-2-3-10(9(13)4-7)14-12(15)11-5-8(16)6-17-11/h2-6,16H,1H3,(H,14,15). The van der Waals surface area contributed by atoms with Crippen LogP contribution >= 0.6 is 35.6 Å². The third-order valence-electron chi connectivity index (χ3n) is 2.18. The molecule has 0 aliphatic rings. The van der Waals surface area contributed by atoms with Crippen molar-refractivity contribution in [2.45, 2.75) is 11.8 Å². The van der Waals surface area contributed by atoms with Crippen LogP contribution in [-0.2, 0) is 0 Å². The first-order valence-corrected chi connectivity index (χ1v) is 6.62. The molecule has 1 amide bonds. The van der Waals surface area contributed by atoms with Gasteiger partial charge in [-0.15, -0.1) is 24.0 Å². The molecule has 0 fully saturated rings. The molecule has 2 rings (SSSR count). The van der Waals surface area contributed by atoms with Gasteiger partial charge in [0.05, 0.1) is 15.6 Å². The van der Waals surface area contributed by atoms with E-state index in [0.29, 0.717) is 15.6 Å². The zero-order valence-electron chi connectivity index (χ0n) is 9.03. The molecule has 0 aliphatic carbocycles. The number of hydrogen-bond donors (Lipinski definition) is 2. The molecule has 1 N–H and O–H groups in total. The van der Waals surface area contributed by atoms with Gasteiger partial charge in [0.1, 0.15) is 0 Å². The Labute approximate surface area is 114 Å². The van der Waals surface area contributed by atoms with Crippen molar-refractivity contribution < 1.29 is 4.79 Å². The van der Waals surface area contributed by atoms with Gasteiger partial charge in [0.2, 0.25) is 0 Å². The lowest BCUT2D eigenvalue weighted by molar-refractivity contribution is 0.103. The molecular weight excluding hydrogens is 274 g/mol. The monoisotopic (exact) mass is 283 g/mol. The van der Waals surface area contributed by atoms with Gasteiger partial charge in [0.15, 0.2) is 0 Å². The number of amides is 1. The SMILES string of the molecule is Cc1ccc(NC(=O)c2cc(S)cs2)c(Cl)c1. The fourth-order valence-electron chi connectivity index (χ4n) is 1.35. The summed E-state index contributed by atoms with van der Waals surface area (Å²) in [4.78, 5) is 13.3. The lowest BCUT2D eigenvalue weighted by atomic mass is 10.2. The van der Waals surface area contributed by atoms with Crippen molar-refractivity contribution in [2.24, 2.45) is 0 Å². The quantitative estimate of drug-likeness (QED) is 0.793. The molecule has 5 heteroatoms. The van der Waals surface area contributed by atoms with E-state index in [-0.39, 0.29) is 5.91 Å². The maximum absolute atomic E-state index is 11.9. The Kier molecular flexibility index (Phi) is 3.76. The van der Waals surface area contributed by atoms with Crippen LogP contribution in [-0.4, -0.2) is 5.91 Å². The topological polar surface area (TPSA) is 29.1 Å². The van der Waals surface area contributed by atoms with Gasteiger partial charge < -0.3 is 5.32 Å². The number of carbonyl (C=O) groups is 1. The summed E-state index contributed by atoms with van der Waals surface area (Å²) in [6, 6.07) is 7.24. The predicted octanol–water partition coefficient (Wildman–Crippen LogP) is 4.25. The van der Waals surface area contributed by atoms with E-state index < -0.39 is 0 Å². The van der Waals surface area contributed by atoms with Gasteiger partial charge >= 0.3 is 0 Å².